The van der Waals surface area contributed by atoms with Crippen molar-refractivity contribution in [2.75, 3.05) is 54.4 Å². The zero-order chi connectivity index (χ0) is 73.8. The summed E-state index contributed by atoms with van der Waals surface area (Å²) < 4.78 is 16.5. The summed E-state index contributed by atoms with van der Waals surface area (Å²) in [6.07, 6.45) is 4.82. The SMILES string of the molecule is CC(C)(C)C(=N)C(C)(C)C.CC(C)[C@@H](C(=O)N[C@@H](CC(=O)OCc1ccccc1)C(=O)N1CCCCC1)N(C)C(=O)C(Cc1ccccc1)N(C)C(=O)OC(C)(C)C.CNC(Cc1ccccc1)C(=O)N(C)[C@H](C(=O)N[C@@H](CC(=O)OCc1ccccc1)C(=O)N1CCCCC1)C(C)C. The van der Waals surface area contributed by atoms with E-state index in [-0.39, 0.29) is 72.9 Å². The summed E-state index contributed by atoms with van der Waals surface area (Å²) in [6.45, 7) is 27.4. The van der Waals surface area contributed by atoms with Crippen molar-refractivity contribution in [3.63, 3.8) is 0 Å². The van der Waals surface area contributed by atoms with Crippen LogP contribution in [-0.2, 0) is 78.6 Å². The number of carbonyl (C=O) groups is 9. The van der Waals surface area contributed by atoms with Gasteiger partial charge in [-0.3, -0.25) is 43.3 Å². The highest BCUT2D eigenvalue weighted by atomic mass is 16.6. The number of nitrogens with zero attached hydrogens (tertiary/aromatic N) is 5. The summed E-state index contributed by atoms with van der Waals surface area (Å²) in [7, 11) is 6.35. The highest BCUT2D eigenvalue weighted by molar-refractivity contribution is 5.97. The number of esters is 2. The Morgan fingerprint density at radius 2 is 0.798 bits per heavy atom. The number of piperidine rings is 2. The van der Waals surface area contributed by atoms with Crippen LogP contribution in [0, 0.1) is 28.1 Å². The maximum absolute atomic E-state index is 14.2. The molecule has 0 aromatic heterocycles. The third-order valence-corrected chi connectivity index (χ3v) is 17.3. The van der Waals surface area contributed by atoms with Crippen LogP contribution in [0.3, 0.4) is 0 Å². The second-order valence-electron chi connectivity index (χ2n) is 29.6. The normalized spacial score (nSPS) is 15.1. The monoisotopic (exact) mass is 1370 g/mol. The molecule has 6 rings (SSSR count). The molecule has 7 amide bonds. The van der Waals surface area contributed by atoms with Gasteiger partial charge in [-0.15, -0.1) is 0 Å². The molecule has 4 N–H and O–H groups in total. The van der Waals surface area contributed by atoms with Crippen LogP contribution >= 0.6 is 0 Å². The Morgan fingerprint density at radius 1 is 0.465 bits per heavy atom. The van der Waals surface area contributed by atoms with E-state index >= 15 is 0 Å². The first-order valence-corrected chi connectivity index (χ1v) is 35.0. The molecule has 2 aliphatic heterocycles. The molecule has 0 spiro atoms. The fourth-order valence-electron chi connectivity index (χ4n) is 12.1. The smallest absolute Gasteiger partial charge is 0.410 e. The molecule has 6 atom stereocenters. The summed E-state index contributed by atoms with van der Waals surface area (Å²) in [5.74, 6) is -4.23. The number of hydrogen-bond acceptors (Lipinski definition) is 14. The molecular weight excluding hydrogens is 1250 g/mol. The number of likely N-dealkylation sites (tertiary alicyclic amines) is 2. The number of ether oxygens (including phenoxy) is 3. The lowest BCUT2D eigenvalue weighted by Gasteiger charge is -2.37. The van der Waals surface area contributed by atoms with Gasteiger partial charge in [0.1, 0.15) is 49.0 Å². The number of nitrogens with one attached hydrogen (secondary N) is 4. The van der Waals surface area contributed by atoms with Gasteiger partial charge < -0.3 is 55.2 Å². The topological polar surface area (TPSA) is 257 Å². The summed E-state index contributed by atoms with van der Waals surface area (Å²) in [4.78, 5) is 129. The zero-order valence-electron chi connectivity index (χ0n) is 62.1. The second-order valence-corrected chi connectivity index (χ2v) is 29.6. The highest BCUT2D eigenvalue weighted by Gasteiger charge is 2.41. The van der Waals surface area contributed by atoms with Crippen LogP contribution in [0.2, 0.25) is 0 Å². The van der Waals surface area contributed by atoms with E-state index in [1.54, 1.807) is 58.5 Å². The highest BCUT2D eigenvalue weighted by Crippen LogP contribution is 2.29. The predicted octanol–water partition coefficient (Wildman–Crippen LogP) is 10.6. The lowest BCUT2D eigenvalue weighted by Crippen LogP contribution is -2.60. The van der Waals surface area contributed by atoms with Crippen LogP contribution in [-0.4, -0.2) is 180 Å². The van der Waals surface area contributed by atoms with Crippen molar-refractivity contribution >= 4 is 59.2 Å². The van der Waals surface area contributed by atoms with E-state index in [2.05, 4.69) is 57.5 Å². The van der Waals surface area contributed by atoms with Crippen LogP contribution < -0.4 is 16.0 Å². The molecule has 2 heterocycles. The van der Waals surface area contributed by atoms with Crippen molar-refractivity contribution in [3.05, 3.63) is 144 Å². The number of likely N-dealkylation sites (N-methyl/N-ethyl adjacent to an activating group) is 4. The fourth-order valence-corrected chi connectivity index (χ4v) is 12.1. The van der Waals surface area contributed by atoms with Gasteiger partial charge in [0, 0.05) is 70.3 Å². The number of benzene rings is 4. The van der Waals surface area contributed by atoms with Gasteiger partial charge in [-0.2, -0.15) is 0 Å². The minimum Gasteiger partial charge on any atom is -0.461 e. The van der Waals surface area contributed by atoms with Crippen molar-refractivity contribution in [1.29, 1.82) is 5.41 Å². The van der Waals surface area contributed by atoms with Crippen LogP contribution in [0.1, 0.15) is 164 Å². The molecule has 0 radical (unpaired) electrons. The first kappa shape index (κ1) is 83.0. The summed E-state index contributed by atoms with van der Waals surface area (Å²) >= 11 is 0. The van der Waals surface area contributed by atoms with Crippen molar-refractivity contribution in [1.82, 2.24) is 40.4 Å². The molecule has 21 nitrogen and oxygen atoms in total. The van der Waals surface area contributed by atoms with Crippen LogP contribution in [0.25, 0.3) is 0 Å². The maximum Gasteiger partial charge on any atom is 0.410 e. The number of carbonyl (C=O) groups excluding carboxylic acids is 9. The molecule has 544 valence electrons. The molecule has 2 saturated heterocycles. The quantitative estimate of drug-likeness (QED) is 0.0259. The molecule has 4 aromatic carbocycles. The van der Waals surface area contributed by atoms with Gasteiger partial charge in [-0.1, -0.05) is 191 Å². The molecule has 0 aliphatic carbocycles. The van der Waals surface area contributed by atoms with Crippen molar-refractivity contribution in [2.24, 2.45) is 22.7 Å². The minimum absolute atomic E-state index is 0.0260. The Labute approximate surface area is 589 Å². The average Bonchev–Trinajstić information content (AvgIpc) is 0.818. The van der Waals surface area contributed by atoms with Crippen molar-refractivity contribution in [2.45, 2.75) is 209 Å². The fraction of sp³-hybridized carbons (Fsp3) is 0.564. The average molecular weight is 1370 g/mol. The molecule has 2 aliphatic rings. The summed E-state index contributed by atoms with van der Waals surface area (Å²) in [6, 6.07) is 31.8. The van der Waals surface area contributed by atoms with Gasteiger partial charge >= 0.3 is 18.0 Å². The largest absolute Gasteiger partial charge is 0.461 e. The van der Waals surface area contributed by atoms with E-state index in [9.17, 15) is 43.2 Å². The van der Waals surface area contributed by atoms with E-state index in [4.69, 9.17) is 19.6 Å². The summed E-state index contributed by atoms with van der Waals surface area (Å²) in [5, 5.41) is 16.5. The maximum atomic E-state index is 14.2. The Hall–Kier alpha value is -8.46. The van der Waals surface area contributed by atoms with Crippen molar-refractivity contribution in [3.8, 4) is 0 Å². The van der Waals surface area contributed by atoms with Crippen LogP contribution in [0.15, 0.2) is 121 Å². The second kappa shape index (κ2) is 40.0. The molecule has 0 bridgehead atoms. The number of rotatable bonds is 26. The molecule has 0 saturated carbocycles. The number of amides is 7. The lowest BCUT2D eigenvalue weighted by molar-refractivity contribution is -0.151. The Balaban J connectivity index is 0.000000372. The molecule has 99 heavy (non-hydrogen) atoms. The standard InChI is InChI=1S/C37H52N4O7.C32H44N4O5.C9H19N/c1-26(2)32(40(7)35(45)30(23-27-17-11-8-12-18-27)39(6)36(46)48-37(3,4)5)33(43)38-29(34(44)41-21-15-10-16-22-41)24-31(42)47-25-28-19-13-9-14-20-28;1-23(2)29(35(4)31(39)26(33-3)20-24-14-8-5-9-15-24)30(38)34-27(32(40)36-18-12-7-13-19-36)21-28(37)41-22-25-16-10-6-11-17-25;1-8(2,3)7(10)9(4,5)6/h8-9,11-14,17-20,26,29-30,32H,10,15-16,21-25H2,1-7H3,(H,38,43);5-6,8-11,14-17,23,26-27,29,33H,7,12-13,18-22H2,1-4H3,(H,34,38);10H,1-6H3/t29-,30?,32-;26?,27-,29-;/m00./s1. The molecule has 4 aromatic rings. The molecule has 21 heteroatoms. The van der Waals surface area contributed by atoms with Gasteiger partial charge in [0.05, 0.1) is 18.9 Å². The molecule has 2 fully saturated rings. The van der Waals surface area contributed by atoms with Gasteiger partial charge in [-0.25, -0.2) is 4.79 Å². The van der Waals surface area contributed by atoms with E-state index in [1.165, 1.54) is 28.8 Å². The van der Waals surface area contributed by atoms with Gasteiger partial charge in [0.15, 0.2) is 0 Å². The van der Waals surface area contributed by atoms with Gasteiger partial charge in [0.25, 0.3) is 0 Å². The lowest BCUT2D eigenvalue weighted by atomic mass is 9.75. The van der Waals surface area contributed by atoms with E-state index in [0.29, 0.717) is 32.6 Å². The van der Waals surface area contributed by atoms with Gasteiger partial charge in [0.2, 0.25) is 35.4 Å². The summed E-state index contributed by atoms with van der Waals surface area (Å²) in [5.41, 5.74) is 3.55. The van der Waals surface area contributed by atoms with Crippen LogP contribution in [0.4, 0.5) is 4.79 Å². The predicted molar refractivity (Wildman–Crippen MR) is 387 cm³/mol. The first-order valence-electron chi connectivity index (χ1n) is 35.0. The minimum atomic E-state index is -1.17. The van der Waals surface area contributed by atoms with Gasteiger partial charge in [-0.05, 0) is 107 Å². The third-order valence-electron chi connectivity index (χ3n) is 17.3. The first-order chi connectivity index (χ1) is 46.5. The van der Waals surface area contributed by atoms with E-state index in [0.717, 1.165) is 66.5 Å². The zero-order valence-corrected chi connectivity index (χ0v) is 62.1. The molecular formula is C78H115N9O12. The third kappa shape index (κ3) is 28.0. The van der Waals surface area contributed by atoms with E-state index in [1.807, 2.05) is 135 Å². The Bertz CT molecular complexity index is 3190. The Kier molecular flexibility index (Phi) is 33.5. The van der Waals surface area contributed by atoms with Crippen molar-refractivity contribution < 1.29 is 57.4 Å². The van der Waals surface area contributed by atoms with E-state index < -0.39 is 77.6 Å². The van der Waals surface area contributed by atoms with Crippen LogP contribution in [0.5, 0.6) is 0 Å². The molecule has 2 unspecified atom stereocenters. The number of hydrogen-bond donors (Lipinski definition) is 4. The Morgan fingerprint density at radius 3 is 1.11 bits per heavy atom.